The number of carbonyl (C=O) groups is 1. The Balaban J connectivity index is 1.74. The van der Waals surface area contributed by atoms with Crippen LogP contribution in [0, 0.1) is 13.8 Å². The summed E-state index contributed by atoms with van der Waals surface area (Å²) in [6.07, 6.45) is 3.37. The second-order valence-corrected chi connectivity index (χ2v) is 11.2. The van der Waals surface area contributed by atoms with Crippen LogP contribution in [0.2, 0.25) is 0 Å². The molecule has 0 spiro atoms. The molecule has 1 aliphatic heterocycles. The van der Waals surface area contributed by atoms with Gasteiger partial charge in [-0.3, -0.25) is 23.6 Å². The standard InChI is InChI=1S/C25H29N7O5S/c1-13(2)31-23-20(21(33)29(6)24(31)35)19(22(34)30-10-25(5,36)11-37-30)17(38-23)9-16-14(3)28-32(15(16)4)18-7-8-26-12-27-18/h7-8,12-13,36H,9-11H2,1-6H3/t25-/m0/s1. The van der Waals surface area contributed by atoms with Gasteiger partial charge in [-0.2, -0.15) is 5.10 Å². The molecule has 12 nitrogen and oxygen atoms in total. The summed E-state index contributed by atoms with van der Waals surface area (Å²) in [7, 11) is 1.41. The van der Waals surface area contributed by atoms with Crippen molar-refractivity contribution >= 4 is 27.5 Å². The lowest BCUT2D eigenvalue weighted by molar-refractivity contribution is -0.0796. The number of aromatic nitrogens is 6. The molecule has 1 atom stereocenters. The number of aryl methyl sites for hydroxylation is 1. The van der Waals surface area contributed by atoms with E-state index in [0.29, 0.717) is 21.9 Å². The first-order chi connectivity index (χ1) is 17.9. The number of hydrogen-bond acceptors (Lipinski definition) is 9. The molecule has 1 amide bonds. The molecule has 5 heterocycles. The lowest BCUT2D eigenvalue weighted by atomic mass is 10.0. The number of aliphatic hydroxyl groups is 1. The van der Waals surface area contributed by atoms with E-state index in [9.17, 15) is 19.5 Å². The van der Waals surface area contributed by atoms with Gasteiger partial charge < -0.3 is 5.11 Å². The minimum atomic E-state index is -1.21. The van der Waals surface area contributed by atoms with Crippen LogP contribution in [-0.4, -0.2) is 63.7 Å². The minimum absolute atomic E-state index is 0.0452. The molecule has 200 valence electrons. The summed E-state index contributed by atoms with van der Waals surface area (Å²) < 4.78 is 4.28. The molecule has 13 heteroatoms. The van der Waals surface area contributed by atoms with Crippen molar-refractivity contribution in [3.8, 4) is 5.82 Å². The summed E-state index contributed by atoms with van der Waals surface area (Å²) in [5.41, 5.74) is 0.397. The summed E-state index contributed by atoms with van der Waals surface area (Å²) >= 11 is 1.24. The van der Waals surface area contributed by atoms with Gasteiger partial charge in [0.25, 0.3) is 11.5 Å². The molecule has 0 aromatic carbocycles. The minimum Gasteiger partial charge on any atom is -0.386 e. The predicted molar refractivity (Wildman–Crippen MR) is 141 cm³/mol. The highest BCUT2D eigenvalue weighted by molar-refractivity contribution is 7.19. The predicted octanol–water partition coefficient (Wildman–Crippen LogP) is 1.66. The topological polar surface area (TPSA) is 137 Å². The molecule has 0 saturated carbocycles. The van der Waals surface area contributed by atoms with Crippen LogP contribution in [0.4, 0.5) is 0 Å². The zero-order valence-electron chi connectivity index (χ0n) is 22.0. The van der Waals surface area contributed by atoms with Gasteiger partial charge in [0.15, 0.2) is 5.82 Å². The van der Waals surface area contributed by atoms with E-state index in [1.807, 2.05) is 27.7 Å². The van der Waals surface area contributed by atoms with Crippen molar-refractivity contribution in [1.82, 2.24) is 33.9 Å². The summed E-state index contributed by atoms with van der Waals surface area (Å²) in [5, 5.41) is 16.3. The first kappa shape index (κ1) is 25.9. The molecule has 1 N–H and O–H groups in total. The number of hydroxylamine groups is 2. The molecule has 0 radical (unpaired) electrons. The lowest BCUT2D eigenvalue weighted by Crippen LogP contribution is -2.39. The Kier molecular flexibility index (Phi) is 6.32. The van der Waals surface area contributed by atoms with Gasteiger partial charge >= 0.3 is 5.69 Å². The number of thiophene rings is 1. The fraction of sp³-hybridized carbons (Fsp3) is 0.440. The second-order valence-electron chi connectivity index (χ2n) is 10.1. The summed E-state index contributed by atoms with van der Waals surface area (Å²) in [6, 6.07) is 1.50. The smallest absolute Gasteiger partial charge is 0.332 e. The summed E-state index contributed by atoms with van der Waals surface area (Å²) in [4.78, 5) is 55.2. The highest BCUT2D eigenvalue weighted by Gasteiger charge is 2.39. The van der Waals surface area contributed by atoms with Crippen LogP contribution >= 0.6 is 11.3 Å². The number of rotatable bonds is 5. The van der Waals surface area contributed by atoms with Gasteiger partial charge in [-0.1, -0.05) is 0 Å². The molecule has 4 aromatic heterocycles. The van der Waals surface area contributed by atoms with E-state index in [2.05, 4.69) is 15.1 Å². The van der Waals surface area contributed by atoms with Gasteiger partial charge in [0.05, 0.1) is 23.2 Å². The lowest BCUT2D eigenvalue weighted by Gasteiger charge is -2.17. The van der Waals surface area contributed by atoms with Crippen molar-refractivity contribution in [2.45, 2.75) is 52.7 Å². The van der Waals surface area contributed by atoms with Crippen molar-refractivity contribution < 1.29 is 14.7 Å². The number of β-amino-alcohol motifs (C(OH)–C–C–N with tert-alkyl or cyclic N) is 1. The Morgan fingerprint density at radius 3 is 2.63 bits per heavy atom. The maximum Gasteiger partial charge on any atom is 0.332 e. The van der Waals surface area contributed by atoms with E-state index in [4.69, 9.17) is 4.84 Å². The molecule has 5 rings (SSSR count). The first-order valence-corrected chi connectivity index (χ1v) is 13.0. The van der Waals surface area contributed by atoms with Crippen molar-refractivity contribution in [1.29, 1.82) is 0 Å². The SMILES string of the molecule is Cc1nn(-c2ccncn2)c(C)c1Cc1sc2c(c1C(=O)N1C[C@](C)(O)CO1)c(=O)n(C)c(=O)n2C(C)C. The van der Waals surface area contributed by atoms with Crippen LogP contribution in [0.25, 0.3) is 16.0 Å². The molecular formula is C25H29N7O5S. The Labute approximate surface area is 221 Å². The van der Waals surface area contributed by atoms with Gasteiger partial charge in [0, 0.05) is 47.9 Å². The zero-order valence-corrected chi connectivity index (χ0v) is 22.9. The Morgan fingerprint density at radius 1 is 1.29 bits per heavy atom. The third-order valence-corrected chi connectivity index (χ3v) is 7.92. The van der Waals surface area contributed by atoms with Crippen LogP contribution in [0.5, 0.6) is 0 Å². The van der Waals surface area contributed by atoms with Gasteiger partial charge in [-0.05, 0) is 34.6 Å². The van der Waals surface area contributed by atoms with Gasteiger partial charge in [-0.15, -0.1) is 11.3 Å². The van der Waals surface area contributed by atoms with Gasteiger partial charge in [0.1, 0.15) is 23.4 Å². The number of carbonyl (C=O) groups excluding carboxylic acids is 1. The summed E-state index contributed by atoms with van der Waals surface area (Å²) in [6.45, 7) is 8.98. The molecule has 4 aromatic rings. The highest BCUT2D eigenvalue weighted by Crippen LogP contribution is 2.35. The fourth-order valence-electron chi connectivity index (χ4n) is 4.74. The van der Waals surface area contributed by atoms with Crippen molar-refractivity contribution in [2.24, 2.45) is 7.05 Å². The first-order valence-electron chi connectivity index (χ1n) is 12.2. The number of fused-ring (bicyclic) bond motifs is 1. The molecule has 1 saturated heterocycles. The zero-order chi connectivity index (χ0) is 27.5. The average molecular weight is 540 g/mol. The normalized spacial score (nSPS) is 17.7. The van der Waals surface area contributed by atoms with Crippen LogP contribution < -0.4 is 11.2 Å². The molecule has 1 aliphatic rings. The monoisotopic (exact) mass is 539 g/mol. The van der Waals surface area contributed by atoms with Crippen molar-refractivity contribution in [3.05, 3.63) is 66.8 Å². The molecule has 38 heavy (non-hydrogen) atoms. The molecular weight excluding hydrogens is 510 g/mol. The average Bonchev–Trinajstić information content (AvgIpc) is 3.51. The van der Waals surface area contributed by atoms with E-state index in [-0.39, 0.29) is 30.1 Å². The third kappa shape index (κ3) is 4.16. The highest BCUT2D eigenvalue weighted by atomic mass is 32.1. The van der Waals surface area contributed by atoms with E-state index < -0.39 is 22.8 Å². The van der Waals surface area contributed by atoms with Crippen LogP contribution in [-0.2, 0) is 18.3 Å². The van der Waals surface area contributed by atoms with Crippen molar-refractivity contribution in [3.63, 3.8) is 0 Å². The van der Waals surface area contributed by atoms with Crippen LogP contribution in [0.15, 0.2) is 28.2 Å². The number of amides is 1. The molecule has 0 unspecified atom stereocenters. The van der Waals surface area contributed by atoms with E-state index in [0.717, 1.165) is 26.6 Å². The van der Waals surface area contributed by atoms with E-state index in [1.54, 1.807) is 23.9 Å². The van der Waals surface area contributed by atoms with Gasteiger partial charge in [0.2, 0.25) is 0 Å². The Morgan fingerprint density at radius 2 is 2.03 bits per heavy atom. The number of nitrogens with zero attached hydrogens (tertiary/aromatic N) is 7. The largest absolute Gasteiger partial charge is 0.386 e. The molecule has 1 fully saturated rings. The summed E-state index contributed by atoms with van der Waals surface area (Å²) in [5.74, 6) is 0.0725. The van der Waals surface area contributed by atoms with Crippen molar-refractivity contribution in [2.75, 3.05) is 13.2 Å². The number of hydrogen-bond donors (Lipinski definition) is 1. The van der Waals surface area contributed by atoms with E-state index >= 15 is 0 Å². The quantitative estimate of drug-likeness (QED) is 0.404. The maximum absolute atomic E-state index is 13.9. The maximum atomic E-state index is 13.9. The van der Waals surface area contributed by atoms with Gasteiger partial charge in [-0.25, -0.2) is 24.5 Å². The third-order valence-electron chi connectivity index (χ3n) is 6.73. The van der Waals surface area contributed by atoms with Crippen LogP contribution in [0.3, 0.4) is 0 Å². The fourth-order valence-corrected chi connectivity index (χ4v) is 6.16. The Bertz CT molecular complexity index is 1680. The Hall–Kier alpha value is -3.68. The molecule has 0 bridgehead atoms. The molecule has 0 aliphatic carbocycles. The van der Waals surface area contributed by atoms with Crippen LogP contribution in [0.1, 0.15) is 59.0 Å². The second kappa shape index (κ2) is 9.26. The van der Waals surface area contributed by atoms with E-state index in [1.165, 1.54) is 29.3 Å².